The molecule has 1 aliphatic rings. The minimum absolute atomic E-state index is 0.345. The quantitative estimate of drug-likeness (QED) is 0.796. The minimum atomic E-state index is 0.345. The zero-order chi connectivity index (χ0) is 12.3. The second kappa shape index (κ2) is 6.21. The van der Waals surface area contributed by atoms with Gasteiger partial charge < -0.3 is 5.73 Å². The minimum Gasteiger partial charge on any atom is -0.327 e. The first-order chi connectivity index (χ1) is 8.16. The molecule has 1 aliphatic carbocycles. The van der Waals surface area contributed by atoms with Crippen molar-refractivity contribution in [3.05, 3.63) is 33.3 Å². The molecule has 1 saturated carbocycles. The molecule has 0 aromatic heterocycles. The monoisotopic (exact) mass is 315 g/mol. The number of rotatable bonds is 2. The molecule has 1 aromatic carbocycles. The fourth-order valence-corrected chi connectivity index (χ4v) is 3.39. The highest BCUT2D eigenvalue weighted by atomic mass is 79.9. The molecule has 2 unspecified atom stereocenters. The summed E-state index contributed by atoms with van der Waals surface area (Å²) in [6, 6.07) is 6.49. The van der Waals surface area contributed by atoms with Crippen molar-refractivity contribution in [3.8, 4) is 0 Å². The Labute approximate surface area is 117 Å². The molecule has 0 spiro atoms. The van der Waals surface area contributed by atoms with Crippen molar-refractivity contribution in [2.24, 2.45) is 11.7 Å². The predicted octanol–water partition coefficient (Wildman–Crippen LogP) is 4.55. The lowest BCUT2D eigenvalue weighted by Crippen LogP contribution is -2.30. The molecule has 0 radical (unpaired) electrons. The summed E-state index contributed by atoms with van der Waals surface area (Å²) in [5.74, 6) is 0.594. The summed E-state index contributed by atoms with van der Waals surface area (Å²) >= 11 is 9.70. The molecule has 3 heteroatoms. The smallest absolute Gasteiger partial charge is 0.0449 e. The highest BCUT2D eigenvalue weighted by molar-refractivity contribution is 9.10. The summed E-state index contributed by atoms with van der Waals surface area (Å²) in [7, 11) is 0. The number of hydrogen-bond donors (Lipinski definition) is 1. The molecule has 1 aromatic rings. The Morgan fingerprint density at radius 1 is 1.24 bits per heavy atom. The van der Waals surface area contributed by atoms with E-state index in [9.17, 15) is 0 Å². The van der Waals surface area contributed by atoms with E-state index >= 15 is 0 Å². The van der Waals surface area contributed by atoms with Gasteiger partial charge in [-0.05, 0) is 42.9 Å². The average Bonchev–Trinajstić information content (AvgIpc) is 2.48. The fourth-order valence-electron chi connectivity index (χ4n) is 2.64. The number of benzene rings is 1. The van der Waals surface area contributed by atoms with E-state index in [1.807, 2.05) is 6.07 Å². The van der Waals surface area contributed by atoms with Gasteiger partial charge in [0.25, 0.3) is 0 Å². The molecule has 2 atom stereocenters. The lowest BCUT2D eigenvalue weighted by molar-refractivity contribution is 0.395. The van der Waals surface area contributed by atoms with E-state index in [-0.39, 0.29) is 0 Å². The fraction of sp³-hybridized carbons (Fsp3) is 0.571. The van der Waals surface area contributed by atoms with E-state index in [0.717, 1.165) is 15.9 Å². The predicted molar refractivity (Wildman–Crippen MR) is 77.4 cm³/mol. The van der Waals surface area contributed by atoms with Crippen LogP contribution in [0.1, 0.15) is 37.7 Å². The van der Waals surface area contributed by atoms with E-state index in [1.165, 1.54) is 37.7 Å². The van der Waals surface area contributed by atoms with Crippen LogP contribution in [-0.2, 0) is 6.42 Å². The zero-order valence-corrected chi connectivity index (χ0v) is 12.3. The van der Waals surface area contributed by atoms with Gasteiger partial charge in [-0.1, -0.05) is 52.9 Å². The second-order valence-corrected chi connectivity index (χ2v) is 6.32. The maximum absolute atomic E-state index is 6.27. The van der Waals surface area contributed by atoms with Crippen LogP contribution in [0.4, 0.5) is 0 Å². The van der Waals surface area contributed by atoms with Gasteiger partial charge in [0.2, 0.25) is 0 Å². The van der Waals surface area contributed by atoms with E-state index < -0.39 is 0 Å². The van der Waals surface area contributed by atoms with Gasteiger partial charge in [0.15, 0.2) is 0 Å². The topological polar surface area (TPSA) is 26.0 Å². The summed E-state index contributed by atoms with van der Waals surface area (Å²) in [5, 5.41) is 0.857. The molecule has 0 amide bonds. The second-order valence-electron chi connectivity index (χ2n) is 5.00. The van der Waals surface area contributed by atoms with Crippen molar-refractivity contribution in [1.29, 1.82) is 0 Å². The molecule has 1 fully saturated rings. The van der Waals surface area contributed by atoms with Crippen LogP contribution in [0.5, 0.6) is 0 Å². The summed E-state index contributed by atoms with van der Waals surface area (Å²) in [4.78, 5) is 0. The molecular weight excluding hydrogens is 298 g/mol. The van der Waals surface area contributed by atoms with E-state index in [4.69, 9.17) is 17.3 Å². The largest absolute Gasteiger partial charge is 0.327 e. The molecular formula is C14H19BrClN. The lowest BCUT2D eigenvalue weighted by atomic mass is 9.89. The summed E-state index contributed by atoms with van der Waals surface area (Å²) < 4.78 is 1.04. The first-order valence-electron chi connectivity index (χ1n) is 6.36. The highest BCUT2D eigenvalue weighted by Gasteiger charge is 2.21. The van der Waals surface area contributed by atoms with Gasteiger partial charge in [-0.25, -0.2) is 0 Å². The van der Waals surface area contributed by atoms with Gasteiger partial charge in [0.05, 0.1) is 0 Å². The Kier molecular flexibility index (Phi) is 4.89. The Bertz CT molecular complexity index is 380. The molecule has 0 bridgehead atoms. The van der Waals surface area contributed by atoms with Gasteiger partial charge in [0.1, 0.15) is 0 Å². The Hall–Kier alpha value is -0.0500. The first kappa shape index (κ1) is 13.4. The Morgan fingerprint density at radius 3 is 2.76 bits per heavy atom. The molecule has 1 nitrogen and oxygen atoms in total. The maximum atomic E-state index is 6.27. The van der Waals surface area contributed by atoms with Gasteiger partial charge >= 0.3 is 0 Å². The van der Waals surface area contributed by atoms with Crippen LogP contribution >= 0.6 is 27.5 Å². The zero-order valence-electron chi connectivity index (χ0n) is 9.96. The van der Waals surface area contributed by atoms with Crippen molar-refractivity contribution in [2.75, 3.05) is 0 Å². The van der Waals surface area contributed by atoms with E-state index in [0.29, 0.717) is 12.0 Å². The summed E-state index contributed by atoms with van der Waals surface area (Å²) in [6.07, 6.45) is 7.36. The number of hydrogen-bond acceptors (Lipinski definition) is 1. The molecule has 94 valence electrons. The molecule has 0 heterocycles. The SMILES string of the molecule is NC1CCCCCC1Cc1ccc(Br)cc1Cl. The van der Waals surface area contributed by atoms with Crippen LogP contribution in [0.3, 0.4) is 0 Å². The highest BCUT2D eigenvalue weighted by Crippen LogP contribution is 2.29. The maximum Gasteiger partial charge on any atom is 0.0449 e. The lowest BCUT2D eigenvalue weighted by Gasteiger charge is -2.21. The van der Waals surface area contributed by atoms with Crippen LogP contribution in [0, 0.1) is 5.92 Å². The Balaban J connectivity index is 2.08. The Morgan fingerprint density at radius 2 is 2.00 bits per heavy atom. The third-order valence-corrected chi connectivity index (χ3v) is 4.56. The number of halogens is 2. The van der Waals surface area contributed by atoms with E-state index in [2.05, 4.69) is 28.1 Å². The third-order valence-electron chi connectivity index (χ3n) is 3.72. The summed E-state index contributed by atoms with van der Waals surface area (Å²) in [5.41, 5.74) is 7.49. The van der Waals surface area contributed by atoms with Crippen molar-refractivity contribution < 1.29 is 0 Å². The van der Waals surface area contributed by atoms with Gasteiger partial charge in [0, 0.05) is 15.5 Å². The molecule has 0 saturated heterocycles. The standard InChI is InChI=1S/C14H19BrClN/c15-12-7-6-10(13(16)9-12)8-11-4-2-1-3-5-14(11)17/h6-7,9,11,14H,1-5,8,17H2. The average molecular weight is 317 g/mol. The number of nitrogens with two attached hydrogens (primary N) is 1. The van der Waals surface area contributed by atoms with Crippen LogP contribution in [0.15, 0.2) is 22.7 Å². The van der Waals surface area contributed by atoms with Crippen LogP contribution in [0.2, 0.25) is 5.02 Å². The van der Waals surface area contributed by atoms with Gasteiger partial charge in [-0.15, -0.1) is 0 Å². The third kappa shape index (κ3) is 3.70. The van der Waals surface area contributed by atoms with E-state index in [1.54, 1.807) is 0 Å². The van der Waals surface area contributed by atoms with Crippen LogP contribution in [0.25, 0.3) is 0 Å². The molecule has 2 N–H and O–H groups in total. The summed E-state index contributed by atoms with van der Waals surface area (Å²) in [6.45, 7) is 0. The normalized spacial score (nSPS) is 25.6. The van der Waals surface area contributed by atoms with Crippen LogP contribution in [-0.4, -0.2) is 6.04 Å². The van der Waals surface area contributed by atoms with Gasteiger partial charge in [-0.2, -0.15) is 0 Å². The van der Waals surface area contributed by atoms with Gasteiger partial charge in [-0.3, -0.25) is 0 Å². The van der Waals surface area contributed by atoms with Crippen molar-refractivity contribution in [1.82, 2.24) is 0 Å². The van der Waals surface area contributed by atoms with Crippen LogP contribution < -0.4 is 5.73 Å². The van der Waals surface area contributed by atoms with Crippen molar-refractivity contribution >= 4 is 27.5 Å². The molecule has 2 rings (SSSR count). The molecule has 0 aliphatic heterocycles. The first-order valence-corrected chi connectivity index (χ1v) is 7.53. The van der Waals surface area contributed by atoms with Crippen molar-refractivity contribution in [3.63, 3.8) is 0 Å². The molecule has 17 heavy (non-hydrogen) atoms. The van der Waals surface area contributed by atoms with Crippen molar-refractivity contribution in [2.45, 2.75) is 44.6 Å².